The summed E-state index contributed by atoms with van der Waals surface area (Å²) in [7, 11) is 0. The number of aryl methyl sites for hydroxylation is 2. The van der Waals surface area contributed by atoms with E-state index in [1.807, 2.05) is 13.8 Å². The highest BCUT2D eigenvalue weighted by Gasteiger charge is 2.20. The van der Waals surface area contributed by atoms with Gasteiger partial charge < -0.3 is 10.4 Å². The van der Waals surface area contributed by atoms with Gasteiger partial charge in [0.1, 0.15) is 10.6 Å². The molecule has 0 radical (unpaired) electrons. The standard InChI is InChI=1S/C13H16N4O2S/c1-6-5-14-12(20-6)9(4)15-11-10(13(18)19)7(2)8(3)16-17-11/h5,9H,1-4H3,(H,15,17)(H,18,19). The number of thiazole rings is 1. The molecule has 2 heterocycles. The van der Waals surface area contributed by atoms with Gasteiger partial charge in [0.2, 0.25) is 0 Å². The van der Waals surface area contributed by atoms with E-state index in [0.29, 0.717) is 11.3 Å². The van der Waals surface area contributed by atoms with Gasteiger partial charge in [0.15, 0.2) is 5.82 Å². The number of nitrogens with one attached hydrogen (secondary N) is 1. The molecule has 106 valence electrons. The highest BCUT2D eigenvalue weighted by Crippen LogP contribution is 2.25. The highest BCUT2D eigenvalue weighted by molar-refractivity contribution is 7.11. The average molecular weight is 292 g/mol. The molecule has 0 saturated heterocycles. The molecule has 0 spiro atoms. The maximum absolute atomic E-state index is 11.4. The van der Waals surface area contributed by atoms with Gasteiger partial charge in [-0.15, -0.1) is 16.4 Å². The summed E-state index contributed by atoms with van der Waals surface area (Å²) in [6, 6.07) is -0.122. The molecule has 6 nitrogen and oxygen atoms in total. The first-order valence-electron chi connectivity index (χ1n) is 6.16. The third-order valence-corrected chi connectivity index (χ3v) is 4.13. The van der Waals surface area contributed by atoms with Crippen molar-refractivity contribution in [3.63, 3.8) is 0 Å². The fourth-order valence-corrected chi connectivity index (χ4v) is 2.59. The minimum Gasteiger partial charge on any atom is -0.478 e. The van der Waals surface area contributed by atoms with Crippen LogP contribution in [0.1, 0.15) is 44.5 Å². The molecular formula is C13H16N4O2S. The van der Waals surface area contributed by atoms with Gasteiger partial charge in [0.25, 0.3) is 0 Å². The van der Waals surface area contributed by atoms with Gasteiger partial charge in [0.05, 0.1) is 11.7 Å². The summed E-state index contributed by atoms with van der Waals surface area (Å²) < 4.78 is 0. The fraction of sp³-hybridized carbons (Fsp3) is 0.385. The third kappa shape index (κ3) is 2.77. The molecule has 2 rings (SSSR count). The van der Waals surface area contributed by atoms with E-state index < -0.39 is 5.97 Å². The van der Waals surface area contributed by atoms with E-state index in [0.717, 1.165) is 9.88 Å². The summed E-state index contributed by atoms with van der Waals surface area (Å²) in [5.41, 5.74) is 1.40. The predicted octanol–water partition coefficient (Wildman–Crippen LogP) is 2.73. The minimum absolute atomic E-state index is 0.122. The van der Waals surface area contributed by atoms with Gasteiger partial charge in [-0.3, -0.25) is 0 Å². The van der Waals surface area contributed by atoms with E-state index in [1.54, 1.807) is 31.4 Å². The summed E-state index contributed by atoms with van der Waals surface area (Å²) in [5.74, 6) is -0.730. The number of hydrogen-bond donors (Lipinski definition) is 2. The maximum atomic E-state index is 11.4. The molecule has 1 unspecified atom stereocenters. The normalized spacial score (nSPS) is 12.2. The zero-order chi connectivity index (χ0) is 14.9. The van der Waals surface area contributed by atoms with E-state index in [9.17, 15) is 9.90 Å². The van der Waals surface area contributed by atoms with Crippen molar-refractivity contribution in [2.45, 2.75) is 33.7 Å². The van der Waals surface area contributed by atoms with Gasteiger partial charge in [-0.2, -0.15) is 5.10 Å². The molecule has 2 N–H and O–H groups in total. The highest BCUT2D eigenvalue weighted by atomic mass is 32.1. The molecule has 2 aromatic heterocycles. The first kappa shape index (κ1) is 14.4. The molecule has 0 aliphatic heterocycles. The number of rotatable bonds is 4. The predicted molar refractivity (Wildman–Crippen MR) is 77.4 cm³/mol. The second-order valence-electron chi connectivity index (χ2n) is 4.61. The molecule has 0 fully saturated rings. The SMILES string of the molecule is Cc1cnc(C(C)Nc2nnc(C)c(C)c2C(=O)O)s1. The van der Waals surface area contributed by atoms with E-state index in [-0.39, 0.29) is 17.4 Å². The van der Waals surface area contributed by atoms with Crippen molar-refractivity contribution < 1.29 is 9.90 Å². The Bertz CT molecular complexity index is 654. The quantitative estimate of drug-likeness (QED) is 0.900. The van der Waals surface area contributed by atoms with E-state index in [1.165, 1.54) is 0 Å². The average Bonchev–Trinajstić information content (AvgIpc) is 2.80. The number of carboxylic acid groups (broad SMARTS) is 1. The van der Waals surface area contributed by atoms with Crippen LogP contribution in [0, 0.1) is 20.8 Å². The number of carbonyl (C=O) groups is 1. The van der Waals surface area contributed by atoms with Gasteiger partial charge in [-0.1, -0.05) is 0 Å². The molecule has 20 heavy (non-hydrogen) atoms. The summed E-state index contributed by atoms with van der Waals surface area (Å²) in [5, 5.41) is 21.3. The zero-order valence-corrected chi connectivity index (χ0v) is 12.6. The summed E-state index contributed by atoms with van der Waals surface area (Å²) in [6.07, 6.45) is 1.79. The van der Waals surface area contributed by atoms with E-state index in [2.05, 4.69) is 20.5 Å². The van der Waals surface area contributed by atoms with Crippen LogP contribution >= 0.6 is 11.3 Å². The second kappa shape index (κ2) is 5.54. The zero-order valence-electron chi connectivity index (χ0n) is 11.8. The van der Waals surface area contributed by atoms with Crippen molar-refractivity contribution in [1.82, 2.24) is 15.2 Å². The molecule has 0 saturated carbocycles. The van der Waals surface area contributed by atoms with Crippen molar-refractivity contribution in [2.75, 3.05) is 5.32 Å². The fourth-order valence-electron chi connectivity index (χ4n) is 1.81. The first-order chi connectivity index (χ1) is 9.40. The van der Waals surface area contributed by atoms with Crippen LogP contribution in [-0.4, -0.2) is 26.3 Å². The molecule has 1 atom stereocenters. The largest absolute Gasteiger partial charge is 0.478 e. The van der Waals surface area contributed by atoms with Gasteiger partial charge >= 0.3 is 5.97 Å². The maximum Gasteiger partial charge on any atom is 0.339 e. The third-order valence-electron chi connectivity index (χ3n) is 3.03. The van der Waals surface area contributed by atoms with Crippen LogP contribution in [0.4, 0.5) is 5.82 Å². The Morgan fingerprint density at radius 3 is 2.60 bits per heavy atom. The number of anilines is 1. The molecule has 0 aliphatic rings. The van der Waals surface area contributed by atoms with Crippen LogP contribution in [0.2, 0.25) is 0 Å². The van der Waals surface area contributed by atoms with Crippen molar-refractivity contribution >= 4 is 23.1 Å². The lowest BCUT2D eigenvalue weighted by Crippen LogP contribution is -2.15. The van der Waals surface area contributed by atoms with Crippen molar-refractivity contribution in [3.05, 3.63) is 32.9 Å². The molecule has 2 aromatic rings. The Morgan fingerprint density at radius 2 is 2.05 bits per heavy atom. The Kier molecular flexibility index (Phi) is 3.99. The lowest BCUT2D eigenvalue weighted by Gasteiger charge is -2.15. The lowest BCUT2D eigenvalue weighted by atomic mass is 10.1. The Labute approximate surface area is 120 Å². The topological polar surface area (TPSA) is 88.0 Å². The molecule has 7 heteroatoms. The summed E-state index contributed by atoms with van der Waals surface area (Å²) in [4.78, 5) is 16.8. The van der Waals surface area contributed by atoms with Crippen molar-refractivity contribution in [2.24, 2.45) is 0 Å². The molecule has 0 aromatic carbocycles. The number of aromatic carboxylic acids is 1. The van der Waals surface area contributed by atoms with Gasteiger partial charge in [-0.25, -0.2) is 9.78 Å². The van der Waals surface area contributed by atoms with Crippen LogP contribution in [0.15, 0.2) is 6.20 Å². The number of hydrogen-bond acceptors (Lipinski definition) is 6. The Morgan fingerprint density at radius 1 is 1.35 bits per heavy atom. The molecule has 0 bridgehead atoms. The Hall–Kier alpha value is -2.02. The van der Waals surface area contributed by atoms with E-state index in [4.69, 9.17) is 0 Å². The molecule has 0 aliphatic carbocycles. The monoisotopic (exact) mass is 292 g/mol. The Balaban J connectivity index is 2.34. The van der Waals surface area contributed by atoms with E-state index >= 15 is 0 Å². The number of nitrogens with zero attached hydrogens (tertiary/aromatic N) is 3. The number of aromatic nitrogens is 3. The van der Waals surface area contributed by atoms with Crippen LogP contribution in [-0.2, 0) is 0 Å². The van der Waals surface area contributed by atoms with Crippen LogP contribution in [0.25, 0.3) is 0 Å². The van der Waals surface area contributed by atoms with Crippen molar-refractivity contribution in [1.29, 1.82) is 0 Å². The summed E-state index contributed by atoms with van der Waals surface area (Å²) >= 11 is 1.57. The van der Waals surface area contributed by atoms with Crippen LogP contribution in [0.5, 0.6) is 0 Å². The van der Waals surface area contributed by atoms with Gasteiger partial charge in [-0.05, 0) is 33.3 Å². The van der Waals surface area contributed by atoms with Crippen molar-refractivity contribution in [3.8, 4) is 0 Å². The molecular weight excluding hydrogens is 276 g/mol. The minimum atomic E-state index is -1.01. The number of carboxylic acids is 1. The van der Waals surface area contributed by atoms with Gasteiger partial charge in [0, 0.05) is 11.1 Å². The first-order valence-corrected chi connectivity index (χ1v) is 6.97. The molecule has 0 amide bonds. The van der Waals surface area contributed by atoms with Crippen LogP contribution < -0.4 is 5.32 Å². The smallest absolute Gasteiger partial charge is 0.339 e. The van der Waals surface area contributed by atoms with Crippen LogP contribution in [0.3, 0.4) is 0 Å². The lowest BCUT2D eigenvalue weighted by molar-refractivity contribution is 0.0696. The summed E-state index contributed by atoms with van der Waals surface area (Å²) in [6.45, 7) is 7.37. The second-order valence-corrected chi connectivity index (χ2v) is 5.88.